The van der Waals surface area contributed by atoms with Gasteiger partial charge in [0.1, 0.15) is 8.95 Å². The first-order chi connectivity index (χ1) is 7.82. The molecule has 0 radical (unpaired) electrons. The number of methoxy groups -OCH3 is 1. The van der Waals surface area contributed by atoms with Crippen LogP contribution in [0.2, 0.25) is 0 Å². The van der Waals surface area contributed by atoms with Crippen LogP contribution in [0.15, 0.2) is 13.4 Å². The minimum atomic E-state index is -0.757. The Balaban J connectivity index is 3.85. The van der Waals surface area contributed by atoms with Gasteiger partial charge in [0.25, 0.3) is 5.75 Å². The molecular formula is C7H3Br3N2O5. The maximum Gasteiger partial charge on any atom is 0.333 e. The van der Waals surface area contributed by atoms with Crippen molar-refractivity contribution in [1.29, 1.82) is 0 Å². The number of hydrogen-bond acceptors (Lipinski definition) is 5. The molecule has 0 aliphatic carbocycles. The van der Waals surface area contributed by atoms with Crippen molar-refractivity contribution in [3.05, 3.63) is 33.6 Å². The molecule has 1 aromatic rings. The van der Waals surface area contributed by atoms with E-state index in [2.05, 4.69) is 47.8 Å². The molecule has 0 aliphatic rings. The zero-order valence-corrected chi connectivity index (χ0v) is 12.8. The molecule has 0 N–H and O–H groups in total. The summed E-state index contributed by atoms with van der Waals surface area (Å²) in [6, 6.07) is 0. The van der Waals surface area contributed by atoms with Crippen LogP contribution in [0.5, 0.6) is 5.75 Å². The van der Waals surface area contributed by atoms with Gasteiger partial charge in [0.15, 0.2) is 0 Å². The second-order valence-corrected chi connectivity index (χ2v) is 5.07. The Kier molecular flexibility index (Phi) is 4.44. The first kappa shape index (κ1) is 14.3. The first-order valence-electron chi connectivity index (χ1n) is 3.86. The number of halogens is 3. The van der Waals surface area contributed by atoms with Crippen LogP contribution in [0.3, 0.4) is 0 Å². The van der Waals surface area contributed by atoms with Gasteiger partial charge in [-0.3, -0.25) is 20.2 Å². The summed E-state index contributed by atoms with van der Waals surface area (Å²) in [5.74, 6) is -0.415. The molecule has 0 heterocycles. The van der Waals surface area contributed by atoms with Crippen molar-refractivity contribution in [3.8, 4) is 5.75 Å². The molecule has 10 heteroatoms. The zero-order chi connectivity index (χ0) is 13.3. The van der Waals surface area contributed by atoms with E-state index in [1.807, 2.05) is 0 Å². The highest BCUT2D eigenvalue weighted by molar-refractivity contribution is 9.14. The molecule has 17 heavy (non-hydrogen) atoms. The number of nitrogens with zero attached hydrogens (tertiary/aromatic N) is 2. The van der Waals surface area contributed by atoms with E-state index in [-0.39, 0.29) is 13.4 Å². The molecule has 0 atom stereocenters. The Labute approximate surface area is 120 Å². The van der Waals surface area contributed by atoms with Crippen LogP contribution in [-0.2, 0) is 0 Å². The van der Waals surface area contributed by atoms with Gasteiger partial charge in [0, 0.05) is 0 Å². The third-order valence-electron chi connectivity index (χ3n) is 1.80. The highest BCUT2D eigenvalue weighted by atomic mass is 79.9. The quantitative estimate of drug-likeness (QED) is 0.409. The fourth-order valence-corrected chi connectivity index (χ4v) is 2.82. The largest absolute Gasteiger partial charge is 0.485 e. The molecule has 7 nitrogen and oxygen atoms in total. The smallest absolute Gasteiger partial charge is 0.333 e. The minimum Gasteiger partial charge on any atom is -0.485 e. The van der Waals surface area contributed by atoms with Gasteiger partial charge in [-0.25, -0.2) is 0 Å². The van der Waals surface area contributed by atoms with E-state index in [9.17, 15) is 20.2 Å². The molecule has 0 amide bonds. The first-order valence-corrected chi connectivity index (χ1v) is 6.24. The lowest BCUT2D eigenvalue weighted by Crippen LogP contribution is -2.01. The summed E-state index contributed by atoms with van der Waals surface area (Å²) in [5.41, 5.74) is -1.01. The lowest BCUT2D eigenvalue weighted by Gasteiger charge is -2.08. The van der Waals surface area contributed by atoms with Gasteiger partial charge in [0.05, 0.1) is 21.4 Å². The van der Waals surface area contributed by atoms with E-state index in [4.69, 9.17) is 4.74 Å². The van der Waals surface area contributed by atoms with E-state index in [0.29, 0.717) is 0 Å². The Hall–Kier alpha value is -0.740. The van der Waals surface area contributed by atoms with Gasteiger partial charge in [0.2, 0.25) is 0 Å². The molecule has 0 spiro atoms. The van der Waals surface area contributed by atoms with Crippen molar-refractivity contribution in [3.63, 3.8) is 0 Å². The Morgan fingerprint density at radius 1 is 0.941 bits per heavy atom. The van der Waals surface area contributed by atoms with Crippen molar-refractivity contribution >= 4 is 59.2 Å². The monoisotopic (exact) mass is 432 g/mol. The van der Waals surface area contributed by atoms with Gasteiger partial charge in [-0.2, -0.15) is 0 Å². The fraction of sp³-hybridized carbons (Fsp3) is 0.143. The normalized spacial score (nSPS) is 10.1. The number of hydrogen-bond donors (Lipinski definition) is 0. The van der Waals surface area contributed by atoms with Gasteiger partial charge >= 0.3 is 11.4 Å². The summed E-state index contributed by atoms with van der Waals surface area (Å²) >= 11 is 8.99. The van der Waals surface area contributed by atoms with Crippen LogP contribution in [0, 0.1) is 20.2 Å². The van der Waals surface area contributed by atoms with Crippen LogP contribution in [0.25, 0.3) is 0 Å². The van der Waals surface area contributed by atoms with E-state index in [1.165, 1.54) is 0 Å². The van der Waals surface area contributed by atoms with Crippen LogP contribution >= 0.6 is 47.8 Å². The van der Waals surface area contributed by atoms with Crippen molar-refractivity contribution in [2.45, 2.75) is 0 Å². The maximum absolute atomic E-state index is 10.9. The van der Waals surface area contributed by atoms with Gasteiger partial charge in [-0.05, 0) is 47.8 Å². The second kappa shape index (κ2) is 5.27. The summed E-state index contributed by atoms with van der Waals surface area (Å²) in [6.07, 6.45) is 0. The molecule has 0 saturated carbocycles. The summed E-state index contributed by atoms with van der Waals surface area (Å²) < 4.78 is 5.06. The van der Waals surface area contributed by atoms with E-state index in [1.54, 1.807) is 0 Å². The van der Waals surface area contributed by atoms with Crippen molar-refractivity contribution in [2.24, 2.45) is 0 Å². The third-order valence-corrected chi connectivity index (χ3v) is 5.20. The van der Waals surface area contributed by atoms with E-state index < -0.39 is 27.0 Å². The number of benzene rings is 1. The lowest BCUT2D eigenvalue weighted by atomic mass is 10.2. The zero-order valence-electron chi connectivity index (χ0n) is 8.07. The maximum atomic E-state index is 10.9. The van der Waals surface area contributed by atoms with Crippen molar-refractivity contribution in [1.82, 2.24) is 0 Å². The molecule has 1 rings (SSSR count). The highest BCUT2D eigenvalue weighted by Gasteiger charge is 2.35. The van der Waals surface area contributed by atoms with Crippen LogP contribution < -0.4 is 4.74 Å². The summed E-state index contributed by atoms with van der Waals surface area (Å²) in [7, 11) is 1.13. The molecule has 92 valence electrons. The molecule has 0 fully saturated rings. The van der Waals surface area contributed by atoms with Crippen molar-refractivity contribution in [2.75, 3.05) is 7.11 Å². The van der Waals surface area contributed by atoms with Crippen LogP contribution in [0.1, 0.15) is 0 Å². The SMILES string of the molecule is COc1c([N+](=O)[O-])c(Br)c(Br)c(Br)c1[N+](=O)[O-]. The third kappa shape index (κ3) is 2.43. The van der Waals surface area contributed by atoms with Gasteiger partial charge < -0.3 is 4.74 Å². The minimum absolute atomic E-state index is 0.0665. The molecule has 0 aromatic heterocycles. The average molecular weight is 435 g/mol. The molecular weight excluding hydrogens is 432 g/mol. The number of ether oxygens (including phenoxy) is 1. The topological polar surface area (TPSA) is 95.5 Å². The number of nitro benzene ring substituents is 2. The van der Waals surface area contributed by atoms with Gasteiger partial charge in [-0.15, -0.1) is 0 Å². The fourth-order valence-electron chi connectivity index (χ4n) is 1.14. The summed E-state index contributed by atoms with van der Waals surface area (Å²) in [6.45, 7) is 0. The van der Waals surface area contributed by atoms with Crippen LogP contribution in [-0.4, -0.2) is 17.0 Å². The molecule has 1 aromatic carbocycles. The Morgan fingerprint density at radius 3 is 1.53 bits per heavy atom. The lowest BCUT2D eigenvalue weighted by molar-refractivity contribution is -0.397. The van der Waals surface area contributed by atoms with E-state index >= 15 is 0 Å². The molecule has 0 saturated heterocycles. The highest BCUT2D eigenvalue weighted by Crippen LogP contribution is 2.51. The summed E-state index contributed by atoms with van der Waals surface area (Å²) in [4.78, 5) is 20.2. The predicted octanol–water partition coefficient (Wildman–Crippen LogP) is 3.80. The molecule has 0 unspecified atom stereocenters. The second-order valence-electron chi connectivity index (χ2n) is 2.69. The molecule has 0 bridgehead atoms. The Bertz CT molecular complexity index is 478. The van der Waals surface area contributed by atoms with E-state index in [0.717, 1.165) is 7.11 Å². The number of nitro groups is 2. The molecule has 0 aliphatic heterocycles. The predicted molar refractivity (Wildman–Crippen MR) is 69.4 cm³/mol. The Morgan fingerprint density at radius 2 is 1.29 bits per heavy atom. The number of rotatable bonds is 3. The standard InChI is InChI=1S/C7H3Br3N2O5/c1-17-7-5(11(13)14)3(9)2(8)4(10)6(7)12(15)16/h1H3. The van der Waals surface area contributed by atoms with Crippen LogP contribution in [0.4, 0.5) is 11.4 Å². The summed E-state index contributed by atoms with van der Waals surface area (Å²) in [5, 5.41) is 21.8. The van der Waals surface area contributed by atoms with Crippen molar-refractivity contribution < 1.29 is 14.6 Å². The van der Waals surface area contributed by atoms with Gasteiger partial charge in [-0.1, -0.05) is 0 Å². The average Bonchev–Trinajstić information content (AvgIpc) is 2.23.